The van der Waals surface area contributed by atoms with Crippen LogP contribution in [0, 0.1) is 5.92 Å². The van der Waals surface area contributed by atoms with Crippen LogP contribution in [0.3, 0.4) is 0 Å². The second-order valence-electron chi connectivity index (χ2n) is 10.2. The van der Waals surface area contributed by atoms with Crippen molar-refractivity contribution in [2.75, 3.05) is 32.8 Å². The maximum atomic E-state index is 13.7. The molecule has 1 aliphatic rings. The number of rotatable bonds is 10. The van der Waals surface area contributed by atoms with Gasteiger partial charge in [0.1, 0.15) is 17.3 Å². The number of ether oxygens (including phenoxy) is 4. The Morgan fingerprint density at radius 2 is 1.64 bits per heavy atom. The topological polar surface area (TPSA) is 107 Å². The molecule has 3 aromatic carbocycles. The molecule has 1 saturated heterocycles. The van der Waals surface area contributed by atoms with Crippen LogP contribution in [0.1, 0.15) is 37.4 Å². The average Bonchev–Trinajstić information content (AvgIpc) is 3.54. The molecule has 4 aromatic rings. The van der Waals surface area contributed by atoms with Crippen LogP contribution >= 0.6 is 11.3 Å². The van der Waals surface area contributed by atoms with Crippen molar-refractivity contribution in [2.45, 2.75) is 26.3 Å². The van der Waals surface area contributed by atoms with Crippen molar-refractivity contribution in [3.05, 3.63) is 77.4 Å². The van der Waals surface area contributed by atoms with Gasteiger partial charge in [0.05, 0.1) is 49.8 Å². The molecule has 1 atom stereocenters. The predicted octanol–water partition coefficient (Wildman–Crippen LogP) is 6.37. The molecule has 1 unspecified atom stereocenters. The number of fused-ring (bicyclic) bond motifs is 1. The minimum atomic E-state index is -0.979. The molecule has 0 spiro atoms. The van der Waals surface area contributed by atoms with E-state index in [1.807, 2.05) is 6.07 Å². The van der Waals surface area contributed by atoms with Gasteiger partial charge in [0.25, 0.3) is 5.78 Å². The molecule has 1 N–H and O–H groups in total. The fourth-order valence-corrected chi connectivity index (χ4v) is 5.77. The first-order valence-corrected chi connectivity index (χ1v) is 14.3. The van der Waals surface area contributed by atoms with E-state index in [0.717, 1.165) is 11.1 Å². The molecule has 0 aliphatic carbocycles. The highest BCUT2D eigenvalue weighted by Gasteiger charge is 2.48. The van der Waals surface area contributed by atoms with Gasteiger partial charge in [0, 0.05) is 5.56 Å². The molecule has 5 rings (SSSR count). The number of hydrogen-bond acceptors (Lipinski definition) is 9. The summed E-state index contributed by atoms with van der Waals surface area (Å²) in [6.45, 7) is 4.75. The molecule has 1 fully saturated rings. The van der Waals surface area contributed by atoms with Gasteiger partial charge in [0.15, 0.2) is 16.6 Å². The fraction of sp³-hybridized carbons (Fsp3) is 0.281. The Morgan fingerprint density at radius 1 is 0.929 bits per heavy atom. The van der Waals surface area contributed by atoms with Crippen LogP contribution in [0.5, 0.6) is 23.0 Å². The van der Waals surface area contributed by atoms with Crippen LogP contribution in [0.4, 0.5) is 5.13 Å². The van der Waals surface area contributed by atoms with E-state index in [0.29, 0.717) is 57.3 Å². The molecular weight excluding hydrogens is 556 g/mol. The van der Waals surface area contributed by atoms with E-state index in [-0.39, 0.29) is 11.3 Å². The minimum absolute atomic E-state index is 0.0578. The van der Waals surface area contributed by atoms with E-state index in [1.165, 1.54) is 30.5 Å². The summed E-state index contributed by atoms with van der Waals surface area (Å²) in [6, 6.07) is 16.3. The van der Waals surface area contributed by atoms with Gasteiger partial charge in [-0.3, -0.25) is 14.5 Å². The molecule has 0 radical (unpaired) electrons. The Hall–Kier alpha value is -4.57. The van der Waals surface area contributed by atoms with E-state index in [2.05, 4.69) is 18.8 Å². The van der Waals surface area contributed by atoms with Crippen LogP contribution in [0.25, 0.3) is 16.0 Å². The van der Waals surface area contributed by atoms with Crippen molar-refractivity contribution < 1.29 is 33.6 Å². The van der Waals surface area contributed by atoms with E-state index in [4.69, 9.17) is 18.9 Å². The second kappa shape index (κ2) is 12.1. The van der Waals surface area contributed by atoms with Gasteiger partial charge in [0.2, 0.25) is 0 Å². The number of thiazole rings is 1. The molecule has 10 heteroatoms. The molecule has 1 amide bonds. The molecular formula is C32H32N2O7S. The summed E-state index contributed by atoms with van der Waals surface area (Å²) >= 11 is 1.25. The number of carbonyl (C=O) groups excluding carboxylic acids is 2. The lowest BCUT2D eigenvalue weighted by molar-refractivity contribution is -0.132. The minimum Gasteiger partial charge on any atom is -0.507 e. The van der Waals surface area contributed by atoms with Crippen molar-refractivity contribution in [2.24, 2.45) is 5.92 Å². The number of nitrogens with zero attached hydrogens (tertiary/aromatic N) is 2. The summed E-state index contributed by atoms with van der Waals surface area (Å²) in [5.74, 6) is 0.782. The van der Waals surface area contributed by atoms with Gasteiger partial charge in [-0.2, -0.15) is 0 Å². The Bertz CT molecular complexity index is 1660. The average molecular weight is 589 g/mol. The van der Waals surface area contributed by atoms with E-state index < -0.39 is 17.7 Å². The Labute approximate surface area is 247 Å². The highest BCUT2D eigenvalue weighted by Crippen LogP contribution is 2.46. The number of Topliss-reactive ketones (excluding diaryl/α,β-unsaturated/α-hetero) is 1. The summed E-state index contributed by atoms with van der Waals surface area (Å²) in [7, 11) is 4.64. The van der Waals surface area contributed by atoms with Crippen LogP contribution < -0.4 is 23.8 Å². The van der Waals surface area contributed by atoms with Crippen LogP contribution in [0.15, 0.2) is 66.2 Å². The third kappa shape index (κ3) is 5.49. The van der Waals surface area contributed by atoms with Crippen LogP contribution in [-0.2, 0) is 9.59 Å². The molecule has 42 heavy (non-hydrogen) atoms. The highest BCUT2D eigenvalue weighted by molar-refractivity contribution is 7.22. The summed E-state index contributed by atoms with van der Waals surface area (Å²) in [5, 5.41) is 11.8. The SMILES string of the molecule is COc1ccc(/C(O)=C2\C(=O)C(=O)N(c3nc4ccc(OC)cc4s3)C2c2ccc(OCCC(C)C)c(OC)c2)cc1. The monoisotopic (exact) mass is 588 g/mol. The number of ketones is 1. The first kappa shape index (κ1) is 28.9. The van der Waals surface area contributed by atoms with Crippen molar-refractivity contribution in [1.82, 2.24) is 4.98 Å². The summed E-state index contributed by atoms with van der Waals surface area (Å²) in [5.41, 5.74) is 1.51. The second-order valence-corrected chi connectivity index (χ2v) is 11.2. The van der Waals surface area contributed by atoms with Crippen molar-refractivity contribution in [3.63, 3.8) is 0 Å². The number of hydrogen-bond donors (Lipinski definition) is 1. The fourth-order valence-electron chi connectivity index (χ4n) is 4.75. The lowest BCUT2D eigenvalue weighted by Gasteiger charge is -2.24. The van der Waals surface area contributed by atoms with Crippen molar-refractivity contribution >= 4 is 44.1 Å². The number of aliphatic hydroxyl groups excluding tert-OH is 1. The zero-order valence-electron chi connectivity index (χ0n) is 24.0. The standard InChI is InChI=1S/C32H32N2O7S/c1-18(2)14-15-41-24-13-8-20(16-25(24)40-5)28-27(29(35)19-6-9-21(38-3)10-7-19)30(36)31(37)34(28)32-33-23-12-11-22(39-4)17-26(23)42-32/h6-13,16-18,28,35H,14-15H2,1-5H3/b29-27+. The molecule has 0 bridgehead atoms. The molecule has 0 saturated carbocycles. The maximum Gasteiger partial charge on any atom is 0.301 e. The highest BCUT2D eigenvalue weighted by atomic mass is 32.1. The number of aromatic nitrogens is 1. The van der Waals surface area contributed by atoms with Crippen LogP contribution in [0.2, 0.25) is 0 Å². The molecule has 2 heterocycles. The third-order valence-electron chi connectivity index (χ3n) is 7.05. The summed E-state index contributed by atoms with van der Waals surface area (Å²) in [6.07, 6.45) is 0.870. The molecule has 1 aromatic heterocycles. The van der Waals surface area contributed by atoms with Gasteiger partial charge in [-0.25, -0.2) is 4.98 Å². The molecule has 9 nitrogen and oxygen atoms in total. The van der Waals surface area contributed by atoms with Gasteiger partial charge in [-0.15, -0.1) is 0 Å². The maximum absolute atomic E-state index is 13.7. The van der Waals surface area contributed by atoms with E-state index in [1.54, 1.807) is 61.7 Å². The van der Waals surface area contributed by atoms with Gasteiger partial charge in [-0.05, 0) is 72.5 Å². The number of carbonyl (C=O) groups is 2. The third-order valence-corrected chi connectivity index (χ3v) is 8.07. The zero-order valence-corrected chi connectivity index (χ0v) is 24.9. The normalized spacial score (nSPS) is 16.3. The number of anilines is 1. The van der Waals surface area contributed by atoms with E-state index in [9.17, 15) is 14.7 Å². The first-order chi connectivity index (χ1) is 20.2. The number of amides is 1. The zero-order chi connectivity index (χ0) is 30.0. The largest absolute Gasteiger partial charge is 0.507 e. The lowest BCUT2D eigenvalue weighted by atomic mass is 9.95. The van der Waals surface area contributed by atoms with Crippen molar-refractivity contribution in [3.8, 4) is 23.0 Å². The van der Waals surface area contributed by atoms with Gasteiger partial charge in [-0.1, -0.05) is 31.3 Å². The lowest BCUT2D eigenvalue weighted by Crippen LogP contribution is -2.29. The molecule has 218 valence electrons. The first-order valence-electron chi connectivity index (χ1n) is 13.5. The quantitative estimate of drug-likeness (QED) is 0.129. The van der Waals surface area contributed by atoms with Gasteiger partial charge >= 0.3 is 5.91 Å². The van der Waals surface area contributed by atoms with Gasteiger partial charge < -0.3 is 24.1 Å². The molecule has 1 aliphatic heterocycles. The number of methoxy groups -OCH3 is 3. The Morgan fingerprint density at radius 3 is 2.31 bits per heavy atom. The number of benzene rings is 3. The number of aliphatic hydroxyl groups is 1. The summed E-state index contributed by atoms with van der Waals surface area (Å²) < 4.78 is 23.0. The Kier molecular flexibility index (Phi) is 8.35. The van der Waals surface area contributed by atoms with E-state index >= 15 is 0 Å². The van der Waals surface area contributed by atoms with Crippen LogP contribution in [-0.4, -0.2) is 49.7 Å². The predicted molar refractivity (Wildman–Crippen MR) is 162 cm³/mol. The summed E-state index contributed by atoms with van der Waals surface area (Å²) in [4.78, 5) is 33.3. The Balaban J connectivity index is 1.66. The van der Waals surface area contributed by atoms with Crippen molar-refractivity contribution in [1.29, 1.82) is 0 Å². The smallest absolute Gasteiger partial charge is 0.301 e.